The molecule has 134 valence electrons. The van der Waals surface area contributed by atoms with E-state index >= 15 is 0 Å². The fraction of sp³-hybridized carbons (Fsp3) is 0.562. The molecule has 1 fully saturated rings. The zero-order valence-corrected chi connectivity index (χ0v) is 13.2. The van der Waals surface area contributed by atoms with Crippen LogP contribution in [0.5, 0.6) is 0 Å². The number of nitrogens with zero attached hydrogens (tertiary/aromatic N) is 1. The molecular weight excluding hydrogens is 325 g/mol. The number of alkyl halides is 3. The molecule has 0 aromatic heterocycles. The first-order valence-electron chi connectivity index (χ1n) is 7.76. The van der Waals surface area contributed by atoms with Crippen molar-refractivity contribution in [1.82, 2.24) is 10.2 Å². The Bertz CT molecular complexity index is 534. The number of amides is 2. The van der Waals surface area contributed by atoms with Gasteiger partial charge in [-0.3, -0.25) is 0 Å². The highest BCUT2D eigenvalue weighted by Crippen LogP contribution is 2.16. The number of urea groups is 1. The maximum Gasteiger partial charge on any atom is 0.411 e. The number of rotatable bonds is 5. The summed E-state index contributed by atoms with van der Waals surface area (Å²) in [5.74, 6) is 0. The number of aliphatic hydroxyl groups is 1. The van der Waals surface area contributed by atoms with E-state index in [0.29, 0.717) is 31.6 Å². The van der Waals surface area contributed by atoms with E-state index < -0.39 is 18.9 Å². The molecular formula is C16H21F3N2O3. The lowest BCUT2D eigenvalue weighted by Gasteiger charge is -2.30. The molecule has 0 aliphatic carbocycles. The molecule has 2 rings (SSSR count). The van der Waals surface area contributed by atoms with Crippen molar-refractivity contribution >= 4 is 6.03 Å². The number of β-amino-alcohol motifs (C(OH)–C–C–N with tert-alkyl or cyclic N) is 1. The normalized spacial score (nSPS) is 18.5. The van der Waals surface area contributed by atoms with Gasteiger partial charge in [0.15, 0.2) is 0 Å². The molecule has 24 heavy (non-hydrogen) atoms. The van der Waals surface area contributed by atoms with E-state index in [9.17, 15) is 23.1 Å². The summed E-state index contributed by atoms with van der Waals surface area (Å²) in [6, 6.07) is 6.58. The highest BCUT2D eigenvalue weighted by atomic mass is 19.4. The van der Waals surface area contributed by atoms with E-state index in [2.05, 4.69) is 10.1 Å². The number of ether oxygens (including phenoxy) is 1. The molecule has 2 amide bonds. The average Bonchev–Trinajstić information content (AvgIpc) is 2.52. The van der Waals surface area contributed by atoms with E-state index in [0.717, 1.165) is 12.0 Å². The van der Waals surface area contributed by atoms with Gasteiger partial charge in [-0.05, 0) is 24.0 Å². The van der Waals surface area contributed by atoms with Crippen molar-refractivity contribution in [3.63, 3.8) is 0 Å². The fourth-order valence-electron chi connectivity index (χ4n) is 2.47. The minimum absolute atomic E-state index is 0.113. The second kappa shape index (κ2) is 8.34. The van der Waals surface area contributed by atoms with Crippen LogP contribution in [0.2, 0.25) is 0 Å². The Morgan fingerprint density at radius 2 is 1.96 bits per heavy atom. The molecule has 5 nitrogen and oxygen atoms in total. The molecule has 1 atom stereocenters. The molecule has 8 heteroatoms. The number of carbonyl (C=O) groups excluding carboxylic acids is 1. The number of benzene rings is 1. The first-order chi connectivity index (χ1) is 11.3. The van der Waals surface area contributed by atoms with Gasteiger partial charge in [0.1, 0.15) is 6.61 Å². The van der Waals surface area contributed by atoms with Crippen LogP contribution in [0.1, 0.15) is 24.0 Å². The van der Waals surface area contributed by atoms with E-state index in [-0.39, 0.29) is 12.6 Å². The van der Waals surface area contributed by atoms with Gasteiger partial charge >= 0.3 is 12.2 Å². The minimum Gasteiger partial charge on any atom is -0.391 e. The van der Waals surface area contributed by atoms with E-state index in [4.69, 9.17) is 0 Å². The molecule has 1 aliphatic heterocycles. The van der Waals surface area contributed by atoms with Crippen molar-refractivity contribution in [2.75, 3.05) is 19.7 Å². The quantitative estimate of drug-likeness (QED) is 0.861. The first-order valence-corrected chi connectivity index (χ1v) is 7.76. The van der Waals surface area contributed by atoms with Crippen LogP contribution in [-0.4, -0.2) is 48.0 Å². The first kappa shape index (κ1) is 18.5. The average molecular weight is 346 g/mol. The lowest BCUT2D eigenvalue weighted by Crippen LogP contribution is -2.46. The smallest absolute Gasteiger partial charge is 0.391 e. The summed E-state index contributed by atoms with van der Waals surface area (Å²) >= 11 is 0. The van der Waals surface area contributed by atoms with Crippen molar-refractivity contribution in [3.8, 4) is 0 Å². The molecule has 0 saturated carbocycles. The molecule has 1 aromatic rings. The van der Waals surface area contributed by atoms with Crippen LogP contribution in [-0.2, 0) is 17.9 Å². The Balaban J connectivity index is 1.74. The van der Waals surface area contributed by atoms with E-state index in [1.807, 2.05) is 0 Å². The van der Waals surface area contributed by atoms with Crippen LogP contribution in [0.3, 0.4) is 0 Å². The lowest BCUT2D eigenvalue weighted by molar-refractivity contribution is -0.176. The molecule has 1 heterocycles. The van der Waals surface area contributed by atoms with Gasteiger partial charge in [0.2, 0.25) is 0 Å². The van der Waals surface area contributed by atoms with Crippen molar-refractivity contribution in [2.24, 2.45) is 0 Å². The summed E-state index contributed by atoms with van der Waals surface area (Å²) in [4.78, 5) is 13.6. The predicted octanol–water partition coefficient (Wildman–Crippen LogP) is 2.43. The second-order valence-electron chi connectivity index (χ2n) is 5.83. The van der Waals surface area contributed by atoms with Crippen LogP contribution in [0, 0.1) is 0 Å². The van der Waals surface area contributed by atoms with Crippen LogP contribution < -0.4 is 5.32 Å². The van der Waals surface area contributed by atoms with Crippen molar-refractivity contribution in [3.05, 3.63) is 35.4 Å². The number of piperidine rings is 1. The zero-order chi connectivity index (χ0) is 17.6. The summed E-state index contributed by atoms with van der Waals surface area (Å²) in [5.41, 5.74) is 1.47. The molecule has 1 aromatic carbocycles. The van der Waals surface area contributed by atoms with Crippen LogP contribution >= 0.6 is 0 Å². The monoisotopic (exact) mass is 346 g/mol. The molecule has 0 bridgehead atoms. The Kier molecular flexibility index (Phi) is 6.44. The molecule has 1 saturated heterocycles. The highest BCUT2D eigenvalue weighted by Gasteiger charge is 2.27. The van der Waals surface area contributed by atoms with Crippen molar-refractivity contribution in [2.45, 2.75) is 38.3 Å². The van der Waals surface area contributed by atoms with Crippen molar-refractivity contribution in [1.29, 1.82) is 0 Å². The largest absolute Gasteiger partial charge is 0.411 e. The number of carbonyl (C=O) groups is 1. The van der Waals surface area contributed by atoms with Gasteiger partial charge in [-0.25, -0.2) is 4.79 Å². The zero-order valence-electron chi connectivity index (χ0n) is 13.2. The topological polar surface area (TPSA) is 61.8 Å². The fourth-order valence-corrected chi connectivity index (χ4v) is 2.47. The van der Waals surface area contributed by atoms with Crippen LogP contribution in [0.4, 0.5) is 18.0 Å². The number of nitrogens with one attached hydrogen (secondary N) is 1. The third kappa shape index (κ3) is 6.37. The van der Waals surface area contributed by atoms with Gasteiger partial charge in [-0.2, -0.15) is 13.2 Å². The summed E-state index contributed by atoms with van der Waals surface area (Å²) in [7, 11) is 0. The number of hydrogen-bond donors (Lipinski definition) is 2. The van der Waals surface area contributed by atoms with Crippen LogP contribution in [0.25, 0.3) is 0 Å². The summed E-state index contributed by atoms with van der Waals surface area (Å²) in [5, 5.41) is 12.3. The lowest BCUT2D eigenvalue weighted by atomic mass is 10.1. The molecule has 0 radical (unpaired) electrons. The maximum atomic E-state index is 12.0. The Labute approximate surface area is 138 Å². The van der Waals surface area contributed by atoms with E-state index in [1.54, 1.807) is 29.2 Å². The predicted molar refractivity (Wildman–Crippen MR) is 81.2 cm³/mol. The van der Waals surface area contributed by atoms with Gasteiger partial charge in [-0.15, -0.1) is 0 Å². The highest BCUT2D eigenvalue weighted by molar-refractivity contribution is 5.74. The third-order valence-corrected chi connectivity index (χ3v) is 3.68. The van der Waals surface area contributed by atoms with Gasteiger partial charge in [0.25, 0.3) is 0 Å². The molecule has 0 spiro atoms. The number of hydrogen-bond acceptors (Lipinski definition) is 3. The third-order valence-electron chi connectivity index (χ3n) is 3.68. The Morgan fingerprint density at radius 3 is 2.58 bits per heavy atom. The Morgan fingerprint density at radius 1 is 1.29 bits per heavy atom. The number of likely N-dealkylation sites (tertiary alicyclic amines) is 1. The summed E-state index contributed by atoms with van der Waals surface area (Å²) in [6.07, 6.45) is -3.31. The van der Waals surface area contributed by atoms with Crippen LogP contribution in [0.15, 0.2) is 24.3 Å². The van der Waals surface area contributed by atoms with Crippen molar-refractivity contribution < 1.29 is 27.8 Å². The molecule has 1 unspecified atom stereocenters. The Hall–Kier alpha value is -1.80. The minimum atomic E-state index is -4.33. The molecule has 1 aliphatic rings. The molecule has 2 N–H and O–H groups in total. The second-order valence-corrected chi connectivity index (χ2v) is 5.83. The number of aliphatic hydroxyl groups excluding tert-OH is 1. The summed E-state index contributed by atoms with van der Waals surface area (Å²) < 4.78 is 40.6. The standard InChI is InChI=1S/C16H21F3N2O3/c17-16(18,19)11-24-10-13-5-3-12(4-6-13)8-20-15(23)21-7-1-2-14(22)9-21/h3-6,14,22H,1-2,7-11H2,(H,20,23). The van der Waals surface area contributed by atoms with E-state index in [1.165, 1.54) is 0 Å². The number of halogens is 3. The van der Waals surface area contributed by atoms with Gasteiger partial charge in [0.05, 0.1) is 12.7 Å². The van der Waals surface area contributed by atoms with Gasteiger partial charge in [0, 0.05) is 19.6 Å². The maximum absolute atomic E-state index is 12.0. The SMILES string of the molecule is O=C(NCc1ccc(COCC(F)(F)F)cc1)N1CCCC(O)C1. The van der Waals surface area contributed by atoms with Gasteiger partial charge in [-0.1, -0.05) is 24.3 Å². The summed E-state index contributed by atoms with van der Waals surface area (Å²) in [6.45, 7) is -0.112. The van der Waals surface area contributed by atoms with Gasteiger partial charge < -0.3 is 20.1 Å².